The number of amides is 1. The highest BCUT2D eigenvalue weighted by atomic mass is 31.2. The minimum absolute atomic E-state index is 0.00761. The molecule has 0 aliphatic carbocycles. The van der Waals surface area contributed by atoms with Crippen molar-refractivity contribution in [3.8, 4) is 0 Å². The van der Waals surface area contributed by atoms with Crippen molar-refractivity contribution in [3.63, 3.8) is 0 Å². The maximum absolute atomic E-state index is 13.1. The van der Waals surface area contributed by atoms with E-state index in [-0.39, 0.29) is 12.5 Å². The van der Waals surface area contributed by atoms with Crippen molar-refractivity contribution in [2.24, 2.45) is 0 Å². The van der Waals surface area contributed by atoms with Gasteiger partial charge >= 0.3 is 0 Å². The van der Waals surface area contributed by atoms with Crippen LogP contribution in [0.15, 0.2) is 48.6 Å². The molecule has 0 aliphatic rings. The summed E-state index contributed by atoms with van der Waals surface area (Å²) in [6.07, 6.45) is 98.7. The van der Waals surface area contributed by atoms with Gasteiger partial charge in [-0.3, -0.25) is 9.36 Å². The van der Waals surface area contributed by atoms with Gasteiger partial charge in [0.2, 0.25) is 5.91 Å². The van der Waals surface area contributed by atoms with Gasteiger partial charge in [0.25, 0.3) is 7.82 Å². The summed E-state index contributed by atoms with van der Waals surface area (Å²) < 4.78 is 23.5. The fraction of sp³-hybridized carbons (Fsp3) is 0.889. The lowest BCUT2D eigenvalue weighted by atomic mass is 10.0. The average Bonchev–Trinajstić information content (AvgIpc) is 3.72. The van der Waals surface area contributed by atoms with E-state index in [9.17, 15) is 19.4 Å². The maximum Gasteiger partial charge on any atom is 0.268 e. The summed E-state index contributed by atoms with van der Waals surface area (Å²) in [5, 5.41) is 14.0. The van der Waals surface area contributed by atoms with Gasteiger partial charge in [0, 0.05) is 6.42 Å². The first-order valence-electron chi connectivity index (χ1n) is 40.0. The number of carbonyl (C=O) groups excluding carboxylic acids is 1. The Morgan fingerprint density at radius 1 is 0.378 bits per heavy atom. The number of nitrogens with zero attached hydrogens (tertiary/aromatic N) is 1. The molecule has 0 saturated carbocycles. The van der Waals surface area contributed by atoms with E-state index in [1.165, 1.54) is 347 Å². The van der Waals surface area contributed by atoms with E-state index < -0.39 is 26.6 Å². The topological polar surface area (TPSA) is 108 Å². The van der Waals surface area contributed by atoms with E-state index >= 15 is 0 Å². The van der Waals surface area contributed by atoms with E-state index in [0.717, 1.165) is 44.9 Å². The fourth-order valence-electron chi connectivity index (χ4n) is 12.3. The Bertz CT molecular complexity index is 1610. The van der Waals surface area contributed by atoms with Crippen molar-refractivity contribution in [2.75, 3.05) is 40.9 Å². The summed E-state index contributed by atoms with van der Waals surface area (Å²) in [5.41, 5.74) is 0. The zero-order valence-corrected chi connectivity index (χ0v) is 62.0. The third kappa shape index (κ3) is 73.9. The third-order valence-electron chi connectivity index (χ3n) is 18.5. The number of nitrogens with one attached hydrogen (secondary N) is 1. The van der Waals surface area contributed by atoms with Crippen LogP contribution < -0.4 is 10.2 Å². The molecule has 3 atom stereocenters. The number of allylic oxidation sites excluding steroid dienone is 7. The highest BCUT2D eigenvalue weighted by Gasteiger charge is 2.23. The quantitative estimate of drug-likeness (QED) is 0.0272. The number of quaternary nitrogens is 1. The second-order valence-corrected chi connectivity index (χ2v) is 30.2. The summed E-state index contributed by atoms with van der Waals surface area (Å²) in [6.45, 7) is 4.68. The molecular formula is C81H157N2O6P. The van der Waals surface area contributed by atoms with Crippen molar-refractivity contribution in [1.29, 1.82) is 0 Å². The lowest BCUT2D eigenvalue weighted by molar-refractivity contribution is -0.870. The smallest absolute Gasteiger partial charge is 0.268 e. The van der Waals surface area contributed by atoms with E-state index in [2.05, 4.69) is 55.6 Å². The molecule has 9 heteroatoms. The summed E-state index contributed by atoms with van der Waals surface area (Å²) in [5.74, 6) is -0.203. The van der Waals surface area contributed by atoms with Gasteiger partial charge in [-0.1, -0.05) is 383 Å². The Kier molecular flexibility index (Phi) is 70.5. The predicted octanol–water partition coefficient (Wildman–Crippen LogP) is 25.5. The minimum Gasteiger partial charge on any atom is -0.756 e. The molecule has 532 valence electrons. The number of unbranched alkanes of at least 4 members (excludes halogenated alkanes) is 56. The summed E-state index contributed by atoms with van der Waals surface area (Å²) in [4.78, 5) is 25.7. The molecule has 8 nitrogen and oxygen atoms in total. The number of likely N-dealkylation sites (N-methyl/N-ethyl adjacent to an activating group) is 1. The molecule has 2 N–H and O–H groups in total. The summed E-state index contributed by atoms with van der Waals surface area (Å²) >= 11 is 0. The molecule has 0 radical (unpaired) electrons. The first kappa shape index (κ1) is 88.5. The Morgan fingerprint density at radius 2 is 0.622 bits per heavy atom. The van der Waals surface area contributed by atoms with Crippen LogP contribution >= 0.6 is 7.82 Å². The van der Waals surface area contributed by atoms with E-state index in [0.29, 0.717) is 17.4 Å². The van der Waals surface area contributed by atoms with Gasteiger partial charge in [-0.25, -0.2) is 0 Å². The third-order valence-corrected chi connectivity index (χ3v) is 19.5. The van der Waals surface area contributed by atoms with E-state index in [1.54, 1.807) is 6.08 Å². The first-order valence-corrected chi connectivity index (χ1v) is 41.5. The standard InChI is InChI=1S/C81H157N2O6P/c1-6-8-10-12-14-16-18-20-22-24-26-28-30-32-34-36-37-38-39-40-41-42-43-44-45-47-49-51-53-55-57-59-61-63-65-67-69-71-73-75-81(85)82-79(78-89-90(86,87)88-77-76-83(3,4)5)80(84)74-72-70-68-66-64-62-60-58-56-54-52-50-48-46-35-33-31-29-27-25-23-21-19-17-15-13-11-9-7-2/h24,26,56,58,64,66,72,74,79-80,84H,6-23,25,27-55,57,59-63,65,67-71,73,75-78H2,1-5H3,(H-,82,85,86,87)/b26-24-,58-56+,66-64+,74-72+. The van der Waals surface area contributed by atoms with Gasteiger partial charge in [0.15, 0.2) is 0 Å². The number of aliphatic hydroxyl groups is 1. The van der Waals surface area contributed by atoms with Gasteiger partial charge in [-0.2, -0.15) is 0 Å². The van der Waals surface area contributed by atoms with Crippen molar-refractivity contribution in [3.05, 3.63) is 48.6 Å². The Morgan fingerprint density at radius 3 is 0.900 bits per heavy atom. The predicted molar refractivity (Wildman–Crippen MR) is 395 cm³/mol. The molecule has 0 rings (SSSR count). The number of aliphatic hydroxyl groups excluding tert-OH is 1. The van der Waals surface area contributed by atoms with Crippen LogP contribution in [0.25, 0.3) is 0 Å². The molecule has 0 aliphatic heterocycles. The van der Waals surface area contributed by atoms with Crippen LogP contribution in [0.2, 0.25) is 0 Å². The lowest BCUT2D eigenvalue weighted by Crippen LogP contribution is -2.45. The molecule has 0 aromatic heterocycles. The van der Waals surface area contributed by atoms with Crippen LogP contribution in [-0.4, -0.2) is 68.5 Å². The van der Waals surface area contributed by atoms with Crippen LogP contribution in [-0.2, 0) is 18.4 Å². The van der Waals surface area contributed by atoms with Crippen molar-refractivity contribution in [1.82, 2.24) is 5.32 Å². The van der Waals surface area contributed by atoms with Crippen LogP contribution in [0.5, 0.6) is 0 Å². The Labute approximate surface area is 562 Å². The van der Waals surface area contributed by atoms with E-state index in [4.69, 9.17) is 9.05 Å². The maximum atomic E-state index is 13.1. The van der Waals surface area contributed by atoms with Gasteiger partial charge in [-0.15, -0.1) is 0 Å². The molecular weight excluding hydrogens is 1130 g/mol. The second-order valence-electron chi connectivity index (χ2n) is 28.8. The van der Waals surface area contributed by atoms with Crippen LogP contribution in [0.3, 0.4) is 0 Å². The molecule has 0 bridgehead atoms. The molecule has 0 saturated heterocycles. The molecule has 0 heterocycles. The normalized spacial score (nSPS) is 13.7. The zero-order chi connectivity index (χ0) is 65.5. The van der Waals surface area contributed by atoms with Gasteiger partial charge in [0.05, 0.1) is 39.9 Å². The van der Waals surface area contributed by atoms with Gasteiger partial charge < -0.3 is 28.8 Å². The van der Waals surface area contributed by atoms with Crippen molar-refractivity contribution < 1.29 is 32.9 Å². The zero-order valence-electron chi connectivity index (χ0n) is 61.1. The molecule has 0 aromatic rings. The van der Waals surface area contributed by atoms with Crippen LogP contribution in [0.1, 0.15) is 412 Å². The minimum atomic E-state index is -4.62. The Hall–Kier alpha value is -1.54. The van der Waals surface area contributed by atoms with Crippen LogP contribution in [0.4, 0.5) is 0 Å². The Balaban J connectivity index is 3.97. The molecule has 1 amide bonds. The number of phosphoric acid groups is 1. The molecule has 0 fully saturated rings. The van der Waals surface area contributed by atoms with E-state index in [1.807, 2.05) is 27.2 Å². The number of hydrogen-bond donors (Lipinski definition) is 2. The van der Waals surface area contributed by atoms with Gasteiger partial charge in [-0.05, 0) is 70.6 Å². The largest absolute Gasteiger partial charge is 0.756 e. The number of carbonyl (C=O) groups is 1. The first-order chi connectivity index (χ1) is 44.0. The monoisotopic (exact) mass is 1290 g/mol. The number of hydrogen-bond acceptors (Lipinski definition) is 6. The number of phosphoric ester groups is 1. The number of rotatable bonds is 75. The van der Waals surface area contributed by atoms with Gasteiger partial charge in [0.1, 0.15) is 13.2 Å². The molecule has 0 spiro atoms. The molecule has 3 unspecified atom stereocenters. The van der Waals surface area contributed by atoms with Crippen molar-refractivity contribution >= 4 is 13.7 Å². The second kappa shape index (κ2) is 71.7. The van der Waals surface area contributed by atoms with Crippen LogP contribution in [0, 0.1) is 0 Å². The fourth-order valence-corrected chi connectivity index (χ4v) is 13.0. The summed E-state index contributed by atoms with van der Waals surface area (Å²) in [6, 6.07) is -0.911. The average molecular weight is 1290 g/mol. The SMILES string of the molecule is CCCCCCCCCC/C=C\CCCCCCCCCCCCCCCCCCCCCCCCCCCCCC(=O)NC(COP(=O)([O-])OCC[N+](C)(C)C)C(O)/C=C/CC/C=C/CC/C=C/CCCCCCCCCCCCCCCCCCCCC. The highest BCUT2D eigenvalue weighted by molar-refractivity contribution is 7.45. The lowest BCUT2D eigenvalue weighted by Gasteiger charge is -2.29. The molecule has 90 heavy (non-hydrogen) atoms. The summed E-state index contributed by atoms with van der Waals surface area (Å²) in [7, 11) is 1.25. The highest BCUT2D eigenvalue weighted by Crippen LogP contribution is 2.38. The molecule has 0 aromatic carbocycles. The van der Waals surface area contributed by atoms with Crippen molar-refractivity contribution in [2.45, 2.75) is 424 Å².